The van der Waals surface area contributed by atoms with Crippen molar-refractivity contribution in [3.05, 3.63) is 29.6 Å². The molecule has 0 spiro atoms. The zero-order chi connectivity index (χ0) is 8.39. The van der Waals surface area contributed by atoms with Crippen LogP contribution in [-0.4, -0.2) is 4.98 Å². The highest BCUT2D eigenvalue weighted by Gasteiger charge is 2.17. The van der Waals surface area contributed by atoms with Crippen molar-refractivity contribution in [3.63, 3.8) is 0 Å². The molecule has 1 aliphatic carbocycles. The van der Waals surface area contributed by atoms with Crippen molar-refractivity contribution in [2.45, 2.75) is 19.8 Å². The fourth-order valence-corrected chi connectivity index (χ4v) is 0.955. The summed E-state index contributed by atoms with van der Waals surface area (Å²) in [5.41, 5.74) is 2.08. The molecule has 1 heteroatoms. The maximum absolute atomic E-state index is 4.17. The van der Waals surface area contributed by atoms with E-state index in [0.29, 0.717) is 5.92 Å². The van der Waals surface area contributed by atoms with Crippen LogP contribution in [0.5, 0.6) is 0 Å². The zero-order valence-electron chi connectivity index (χ0n) is 7.17. The van der Waals surface area contributed by atoms with Gasteiger partial charge in [-0.25, -0.2) is 0 Å². The Morgan fingerprint density at radius 1 is 1.42 bits per heavy atom. The lowest BCUT2D eigenvalue weighted by Crippen LogP contribution is -1.81. The Kier molecular flexibility index (Phi) is 1.83. The fourth-order valence-electron chi connectivity index (χ4n) is 0.955. The standard InChI is InChI=1S/C11H11N/c1-9-2-3-11(8-12-9)7-6-10-4-5-10/h2-3,8,10H,4-5H2,1H3. The Labute approximate surface area is 72.8 Å². The Morgan fingerprint density at radius 2 is 2.25 bits per heavy atom. The predicted octanol–water partition coefficient (Wildman–Crippen LogP) is 2.15. The summed E-state index contributed by atoms with van der Waals surface area (Å²) in [5.74, 6) is 7.00. The normalized spacial score (nSPS) is 15.1. The molecule has 0 N–H and O–H groups in total. The molecule has 0 aromatic carbocycles. The van der Waals surface area contributed by atoms with Crippen LogP contribution in [0.4, 0.5) is 0 Å². The maximum Gasteiger partial charge on any atom is 0.0429 e. The van der Waals surface area contributed by atoms with Gasteiger partial charge in [0.1, 0.15) is 0 Å². The number of hydrogen-bond donors (Lipinski definition) is 0. The van der Waals surface area contributed by atoms with Gasteiger partial charge in [-0.05, 0) is 31.9 Å². The van der Waals surface area contributed by atoms with Crippen molar-refractivity contribution < 1.29 is 0 Å². The molecule has 12 heavy (non-hydrogen) atoms. The Morgan fingerprint density at radius 3 is 2.83 bits per heavy atom. The van der Waals surface area contributed by atoms with Crippen LogP contribution < -0.4 is 0 Å². The highest BCUT2D eigenvalue weighted by molar-refractivity contribution is 5.33. The van der Waals surface area contributed by atoms with Crippen LogP contribution in [0.2, 0.25) is 0 Å². The largest absolute Gasteiger partial charge is 0.260 e. The summed E-state index contributed by atoms with van der Waals surface area (Å²) in [6.07, 6.45) is 4.41. The van der Waals surface area contributed by atoms with Gasteiger partial charge >= 0.3 is 0 Å². The molecule has 1 aliphatic rings. The maximum atomic E-state index is 4.17. The molecule has 0 radical (unpaired) electrons. The lowest BCUT2D eigenvalue weighted by atomic mass is 10.2. The van der Waals surface area contributed by atoms with E-state index in [1.807, 2.05) is 25.3 Å². The second kappa shape index (κ2) is 2.98. The number of pyridine rings is 1. The summed E-state index contributed by atoms with van der Waals surface area (Å²) in [4.78, 5) is 4.17. The molecule has 1 nitrogen and oxygen atoms in total. The quantitative estimate of drug-likeness (QED) is 0.526. The molecular formula is C11H11N. The second-order valence-corrected chi connectivity index (χ2v) is 3.23. The van der Waals surface area contributed by atoms with E-state index in [9.17, 15) is 0 Å². The highest BCUT2D eigenvalue weighted by Crippen LogP contribution is 2.27. The van der Waals surface area contributed by atoms with Crippen molar-refractivity contribution in [2.75, 3.05) is 0 Å². The number of nitrogens with zero attached hydrogens (tertiary/aromatic N) is 1. The molecule has 2 rings (SSSR count). The Bertz CT molecular complexity index is 322. The number of aryl methyl sites for hydroxylation is 1. The Balaban J connectivity index is 2.13. The monoisotopic (exact) mass is 157 g/mol. The van der Waals surface area contributed by atoms with E-state index >= 15 is 0 Å². The molecule has 1 aromatic heterocycles. The van der Waals surface area contributed by atoms with Gasteiger partial charge in [-0.1, -0.05) is 11.8 Å². The van der Waals surface area contributed by atoms with Crippen molar-refractivity contribution in [1.29, 1.82) is 0 Å². The summed E-state index contributed by atoms with van der Waals surface area (Å²) < 4.78 is 0. The average Bonchev–Trinajstić information content (AvgIpc) is 2.87. The second-order valence-electron chi connectivity index (χ2n) is 3.23. The van der Waals surface area contributed by atoms with Crippen LogP contribution >= 0.6 is 0 Å². The SMILES string of the molecule is Cc1ccc(C#CC2CC2)cn1. The fraction of sp³-hybridized carbons (Fsp3) is 0.364. The van der Waals surface area contributed by atoms with Gasteiger partial charge in [0.25, 0.3) is 0 Å². The van der Waals surface area contributed by atoms with Gasteiger partial charge in [0.05, 0.1) is 0 Å². The molecule has 60 valence electrons. The van der Waals surface area contributed by atoms with Gasteiger partial charge in [-0.15, -0.1) is 0 Å². The average molecular weight is 157 g/mol. The van der Waals surface area contributed by atoms with E-state index in [1.165, 1.54) is 12.8 Å². The van der Waals surface area contributed by atoms with Gasteiger partial charge in [0, 0.05) is 23.4 Å². The summed E-state index contributed by atoms with van der Waals surface area (Å²) >= 11 is 0. The summed E-state index contributed by atoms with van der Waals surface area (Å²) in [7, 11) is 0. The van der Waals surface area contributed by atoms with Gasteiger partial charge < -0.3 is 0 Å². The minimum Gasteiger partial charge on any atom is -0.260 e. The predicted molar refractivity (Wildman–Crippen MR) is 48.6 cm³/mol. The first-order valence-corrected chi connectivity index (χ1v) is 4.29. The zero-order valence-corrected chi connectivity index (χ0v) is 7.17. The van der Waals surface area contributed by atoms with E-state index in [1.54, 1.807) is 0 Å². The van der Waals surface area contributed by atoms with Crippen molar-refractivity contribution in [1.82, 2.24) is 4.98 Å². The molecule has 0 saturated heterocycles. The van der Waals surface area contributed by atoms with Gasteiger partial charge in [0.2, 0.25) is 0 Å². The third-order valence-electron chi connectivity index (χ3n) is 1.91. The van der Waals surface area contributed by atoms with Gasteiger partial charge in [-0.2, -0.15) is 0 Å². The van der Waals surface area contributed by atoms with Crippen LogP contribution in [-0.2, 0) is 0 Å². The summed E-state index contributed by atoms with van der Waals surface area (Å²) in [6, 6.07) is 4.02. The van der Waals surface area contributed by atoms with E-state index in [4.69, 9.17) is 0 Å². The molecule has 0 atom stereocenters. The lowest BCUT2D eigenvalue weighted by molar-refractivity contribution is 1.17. The van der Waals surface area contributed by atoms with Crippen molar-refractivity contribution >= 4 is 0 Å². The molecule has 1 aromatic rings. The number of hydrogen-bond acceptors (Lipinski definition) is 1. The molecule has 1 heterocycles. The molecule has 1 saturated carbocycles. The smallest absolute Gasteiger partial charge is 0.0429 e. The molecular weight excluding hydrogens is 146 g/mol. The molecule has 0 bridgehead atoms. The van der Waals surface area contributed by atoms with Gasteiger partial charge in [-0.3, -0.25) is 4.98 Å². The number of aromatic nitrogens is 1. The number of rotatable bonds is 0. The minimum absolute atomic E-state index is 0.673. The first-order valence-electron chi connectivity index (χ1n) is 4.29. The molecule has 1 fully saturated rings. The molecule has 0 aliphatic heterocycles. The lowest BCUT2D eigenvalue weighted by Gasteiger charge is -1.90. The van der Waals surface area contributed by atoms with Gasteiger partial charge in [0.15, 0.2) is 0 Å². The minimum atomic E-state index is 0.673. The van der Waals surface area contributed by atoms with E-state index < -0.39 is 0 Å². The molecule has 0 unspecified atom stereocenters. The first kappa shape index (κ1) is 7.36. The topological polar surface area (TPSA) is 12.9 Å². The first-order chi connectivity index (χ1) is 5.84. The Hall–Kier alpha value is -1.29. The van der Waals surface area contributed by atoms with E-state index in [0.717, 1.165) is 11.3 Å². The third kappa shape index (κ3) is 1.85. The van der Waals surface area contributed by atoms with Crippen LogP contribution in [0.1, 0.15) is 24.1 Å². The van der Waals surface area contributed by atoms with Crippen molar-refractivity contribution in [2.24, 2.45) is 5.92 Å². The molecule has 0 amide bonds. The summed E-state index contributed by atoms with van der Waals surface area (Å²) in [6.45, 7) is 1.98. The third-order valence-corrected chi connectivity index (χ3v) is 1.91. The van der Waals surface area contributed by atoms with E-state index in [2.05, 4.69) is 16.8 Å². The van der Waals surface area contributed by atoms with E-state index in [-0.39, 0.29) is 0 Å². The van der Waals surface area contributed by atoms with Crippen LogP contribution in [0, 0.1) is 24.7 Å². The highest BCUT2D eigenvalue weighted by atomic mass is 14.6. The van der Waals surface area contributed by atoms with Crippen LogP contribution in [0.3, 0.4) is 0 Å². The van der Waals surface area contributed by atoms with Crippen LogP contribution in [0.15, 0.2) is 18.3 Å². The summed E-state index contributed by atoms with van der Waals surface area (Å²) in [5, 5.41) is 0. The van der Waals surface area contributed by atoms with Crippen LogP contribution in [0.25, 0.3) is 0 Å². The van der Waals surface area contributed by atoms with Crippen molar-refractivity contribution in [3.8, 4) is 11.8 Å².